The molecule has 106 valence electrons. The zero-order valence-electron chi connectivity index (χ0n) is 12.0. The molecule has 3 rings (SSSR count). The minimum Gasteiger partial charge on any atom is -0.323 e. The average molecular weight is 278 g/mol. The maximum absolute atomic E-state index is 5.85. The average Bonchev–Trinajstić information content (AvgIpc) is 2.99. The molecule has 2 N–H and O–H groups in total. The second-order valence-electron chi connectivity index (χ2n) is 5.17. The van der Waals surface area contributed by atoms with Gasteiger partial charge in [0.05, 0.1) is 17.6 Å². The van der Waals surface area contributed by atoms with Crippen molar-refractivity contribution in [1.29, 1.82) is 0 Å². The minimum atomic E-state index is -0.111. The van der Waals surface area contributed by atoms with Crippen molar-refractivity contribution in [3.8, 4) is 5.69 Å². The summed E-state index contributed by atoms with van der Waals surface area (Å²) in [6, 6.07) is 18.5. The number of aromatic nitrogens is 3. The van der Waals surface area contributed by atoms with Gasteiger partial charge in [-0.25, -0.2) is 4.68 Å². The molecule has 1 atom stereocenters. The third-order valence-electron chi connectivity index (χ3n) is 3.45. The molecule has 1 unspecified atom stereocenters. The van der Waals surface area contributed by atoms with Crippen LogP contribution >= 0.6 is 0 Å². The lowest BCUT2D eigenvalue weighted by Gasteiger charge is -2.09. The summed E-state index contributed by atoms with van der Waals surface area (Å²) in [6.07, 6.45) is 2.76. The van der Waals surface area contributed by atoms with E-state index in [-0.39, 0.29) is 6.04 Å². The summed E-state index contributed by atoms with van der Waals surface area (Å²) >= 11 is 0. The van der Waals surface area contributed by atoms with E-state index in [0.29, 0.717) is 0 Å². The second-order valence-corrected chi connectivity index (χ2v) is 5.17. The summed E-state index contributed by atoms with van der Waals surface area (Å²) in [7, 11) is 0. The van der Waals surface area contributed by atoms with Crippen molar-refractivity contribution in [1.82, 2.24) is 15.0 Å². The summed E-state index contributed by atoms with van der Waals surface area (Å²) in [5, 5.41) is 8.32. The largest absolute Gasteiger partial charge is 0.323 e. The van der Waals surface area contributed by atoms with Crippen LogP contribution in [0.1, 0.15) is 29.8 Å². The molecule has 1 heterocycles. The van der Waals surface area contributed by atoms with E-state index in [0.717, 1.165) is 17.8 Å². The van der Waals surface area contributed by atoms with E-state index < -0.39 is 0 Å². The Bertz CT molecular complexity index is 716. The number of nitrogens with zero attached hydrogens (tertiary/aromatic N) is 3. The van der Waals surface area contributed by atoms with Gasteiger partial charge in [0.15, 0.2) is 0 Å². The first-order chi connectivity index (χ1) is 10.2. The topological polar surface area (TPSA) is 56.7 Å². The molecule has 0 aliphatic rings. The Kier molecular flexibility index (Phi) is 3.79. The summed E-state index contributed by atoms with van der Waals surface area (Å²) in [4.78, 5) is 0. The van der Waals surface area contributed by atoms with Gasteiger partial charge in [0.1, 0.15) is 0 Å². The highest BCUT2D eigenvalue weighted by atomic mass is 15.4. The highest BCUT2D eigenvalue weighted by molar-refractivity contribution is 5.43. The zero-order valence-corrected chi connectivity index (χ0v) is 12.0. The monoisotopic (exact) mass is 278 g/mol. The molecule has 0 amide bonds. The van der Waals surface area contributed by atoms with Gasteiger partial charge in [-0.2, -0.15) is 0 Å². The fourth-order valence-electron chi connectivity index (χ4n) is 2.30. The molecule has 0 saturated carbocycles. The fraction of sp³-hybridized carbons (Fsp3) is 0.176. The fourth-order valence-corrected chi connectivity index (χ4v) is 2.30. The van der Waals surface area contributed by atoms with Crippen LogP contribution in [0.3, 0.4) is 0 Å². The summed E-state index contributed by atoms with van der Waals surface area (Å²) in [5.41, 5.74) is 10.2. The Morgan fingerprint density at radius 1 is 1.05 bits per heavy atom. The van der Waals surface area contributed by atoms with E-state index >= 15 is 0 Å². The Hall–Kier alpha value is -2.46. The maximum atomic E-state index is 5.85. The van der Waals surface area contributed by atoms with Gasteiger partial charge in [-0.05, 0) is 30.5 Å². The lowest BCUT2D eigenvalue weighted by atomic mass is 10.0. The van der Waals surface area contributed by atoms with Gasteiger partial charge < -0.3 is 5.73 Å². The van der Waals surface area contributed by atoms with Gasteiger partial charge in [-0.15, -0.1) is 5.10 Å². The van der Waals surface area contributed by atoms with Crippen molar-refractivity contribution >= 4 is 0 Å². The molecule has 21 heavy (non-hydrogen) atoms. The van der Waals surface area contributed by atoms with Crippen LogP contribution in [0.4, 0.5) is 0 Å². The Labute approximate surface area is 124 Å². The molecule has 0 saturated heterocycles. The highest BCUT2D eigenvalue weighted by Crippen LogP contribution is 2.18. The third-order valence-corrected chi connectivity index (χ3v) is 3.45. The lowest BCUT2D eigenvalue weighted by molar-refractivity contribution is 0.755. The number of rotatable bonds is 4. The van der Waals surface area contributed by atoms with Crippen molar-refractivity contribution in [2.24, 2.45) is 5.73 Å². The van der Waals surface area contributed by atoms with Crippen LogP contribution in [0.15, 0.2) is 60.8 Å². The number of hydrogen-bond donors (Lipinski definition) is 1. The Balaban J connectivity index is 1.95. The van der Waals surface area contributed by atoms with E-state index in [1.165, 1.54) is 11.1 Å². The van der Waals surface area contributed by atoms with Gasteiger partial charge in [-0.1, -0.05) is 53.7 Å². The lowest BCUT2D eigenvalue weighted by Crippen LogP contribution is -2.05. The molecule has 0 aliphatic carbocycles. The predicted octanol–water partition coefficient (Wildman–Crippen LogP) is 2.88. The van der Waals surface area contributed by atoms with E-state index in [4.69, 9.17) is 5.73 Å². The van der Waals surface area contributed by atoms with Crippen molar-refractivity contribution in [2.45, 2.75) is 19.4 Å². The van der Waals surface area contributed by atoms with Crippen LogP contribution in [0, 0.1) is 0 Å². The molecule has 4 nitrogen and oxygen atoms in total. The second kappa shape index (κ2) is 5.89. The summed E-state index contributed by atoms with van der Waals surface area (Å²) in [5.74, 6) is 0. The normalized spacial score (nSPS) is 12.3. The molecule has 0 fully saturated rings. The van der Waals surface area contributed by atoms with Crippen LogP contribution in [0.5, 0.6) is 0 Å². The van der Waals surface area contributed by atoms with E-state index in [2.05, 4.69) is 46.7 Å². The van der Waals surface area contributed by atoms with Gasteiger partial charge in [-0.3, -0.25) is 0 Å². The SMILES string of the molecule is CC(N)c1cn(-c2ccccc2Cc2ccccc2)nn1. The van der Waals surface area contributed by atoms with Crippen LogP contribution in [-0.4, -0.2) is 15.0 Å². The van der Waals surface area contributed by atoms with Gasteiger partial charge in [0, 0.05) is 6.04 Å². The molecule has 4 heteroatoms. The molecular weight excluding hydrogens is 260 g/mol. The van der Waals surface area contributed by atoms with Crippen molar-refractivity contribution < 1.29 is 0 Å². The first-order valence-electron chi connectivity index (χ1n) is 7.04. The van der Waals surface area contributed by atoms with Crippen LogP contribution in [-0.2, 0) is 6.42 Å². The Morgan fingerprint density at radius 3 is 2.48 bits per heavy atom. The number of hydrogen-bond acceptors (Lipinski definition) is 3. The first-order valence-corrected chi connectivity index (χ1v) is 7.04. The van der Waals surface area contributed by atoms with Crippen LogP contribution < -0.4 is 5.73 Å². The quantitative estimate of drug-likeness (QED) is 0.798. The van der Waals surface area contributed by atoms with Gasteiger partial charge >= 0.3 is 0 Å². The molecule has 0 spiro atoms. The van der Waals surface area contributed by atoms with Gasteiger partial charge in [0.25, 0.3) is 0 Å². The van der Waals surface area contributed by atoms with Crippen molar-refractivity contribution in [3.63, 3.8) is 0 Å². The number of nitrogens with two attached hydrogens (primary N) is 1. The van der Waals surface area contributed by atoms with Crippen molar-refractivity contribution in [2.75, 3.05) is 0 Å². The van der Waals surface area contributed by atoms with E-state index in [1.54, 1.807) is 4.68 Å². The van der Waals surface area contributed by atoms with Crippen LogP contribution in [0.2, 0.25) is 0 Å². The van der Waals surface area contributed by atoms with E-state index in [9.17, 15) is 0 Å². The van der Waals surface area contributed by atoms with Crippen molar-refractivity contribution in [3.05, 3.63) is 77.6 Å². The Morgan fingerprint density at radius 2 is 1.76 bits per heavy atom. The molecule has 0 bridgehead atoms. The summed E-state index contributed by atoms with van der Waals surface area (Å²) < 4.78 is 1.80. The predicted molar refractivity (Wildman–Crippen MR) is 83.2 cm³/mol. The van der Waals surface area contributed by atoms with Gasteiger partial charge in [0.2, 0.25) is 0 Å². The third kappa shape index (κ3) is 3.01. The molecule has 0 aliphatic heterocycles. The first kappa shape index (κ1) is 13.5. The smallest absolute Gasteiger partial charge is 0.0995 e. The molecule has 0 radical (unpaired) electrons. The standard InChI is InChI=1S/C17H18N4/c1-13(18)16-12-21(20-19-16)17-10-6-5-9-15(17)11-14-7-3-2-4-8-14/h2-10,12-13H,11,18H2,1H3. The molecule has 2 aromatic carbocycles. The zero-order chi connectivity index (χ0) is 14.7. The molecular formula is C17H18N4. The number of para-hydroxylation sites is 1. The highest BCUT2D eigenvalue weighted by Gasteiger charge is 2.09. The molecule has 3 aromatic rings. The maximum Gasteiger partial charge on any atom is 0.0995 e. The minimum absolute atomic E-state index is 0.111. The van der Waals surface area contributed by atoms with Crippen LogP contribution in [0.25, 0.3) is 5.69 Å². The number of benzene rings is 2. The molecule has 1 aromatic heterocycles. The summed E-state index contributed by atoms with van der Waals surface area (Å²) in [6.45, 7) is 1.91. The van der Waals surface area contributed by atoms with E-state index in [1.807, 2.05) is 31.3 Å².